The summed E-state index contributed by atoms with van der Waals surface area (Å²) in [4.78, 5) is 10.4. The SMILES string of the molecule is CCNCC1CCN(S(=O)(=O)c2cc([N+](=O)[O-])ccc2C)CC1. The van der Waals surface area contributed by atoms with Gasteiger partial charge in [0.25, 0.3) is 5.69 Å². The molecule has 1 aliphatic rings. The van der Waals surface area contributed by atoms with Crippen LogP contribution in [0.1, 0.15) is 25.3 Å². The van der Waals surface area contributed by atoms with E-state index < -0.39 is 14.9 Å². The number of benzene rings is 1. The van der Waals surface area contributed by atoms with Crippen molar-refractivity contribution >= 4 is 15.7 Å². The number of hydrogen-bond acceptors (Lipinski definition) is 5. The molecule has 23 heavy (non-hydrogen) atoms. The summed E-state index contributed by atoms with van der Waals surface area (Å²) in [6.45, 7) is 6.44. The summed E-state index contributed by atoms with van der Waals surface area (Å²) >= 11 is 0. The minimum Gasteiger partial charge on any atom is -0.317 e. The van der Waals surface area contributed by atoms with Crippen LogP contribution < -0.4 is 5.32 Å². The van der Waals surface area contributed by atoms with Crippen LogP contribution in [-0.4, -0.2) is 43.8 Å². The van der Waals surface area contributed by atoms with Crippen molar-refractivity contribution in [2.45, 2.75) is 31.6 Å². The number of aryl methyl sites for hydroxylation is 1. The largest absolute Gasteiger partial charge is 0.317 e. The van der Waals surface area contributed by atoms with Crippen LogP contribution in [-0.2, 0) is 10.0 Å². The van der Waals surface area contributed by atoms with Gasteiger partial charge in [-0.05, 0) is 44.3 Å². The topological polar surface area (TPSA) is 92.6 Å². The summed E-state index contributed by atoms with van der Waals surface area (Å²) < 4.78 is 27.0. The van der Waals surface area contributed by atoms with Crippen molar-refractivity contribution in [1.29, 1.82) is 0 Å². The molecule has 1 aliphatic heterocycles. The van der Waals surface area contributed by atoms with E-state index >= 15 is 0 Å². The van der Waals surface area contributed by atoms with Gasteiger partial charge in [0, 0.05) is 25.2 Å². The Kier molecular flexibility index (Phi) is 5.72. The lowest BCUT2D eigenvalue weighted by Crippen LogP contribution is -2.40. The number of piperidine rings is 1. The quantitative estimate of drug-likeness (QED) is 0.630. The number of sulfonamides is 1. The van der Waals surface area contributed by atoms with Crippen molar-refractivity contribution in [2.75, 3.05) is 26.2 Å². The summed E-state index contributed by atoms with van der Waals surface area (Å²) in [5.41, 5.74) is 0.335. The number of nitro benzene ring substituents is 1. The Balaban J connectivity index is 2.17. The minimum atomic E-state index is -3.68. The van der Waals surface area contributed by atoms with E-state index in [0.717, 1.165) is 32.0 Å². The fourth-order valence-electron chi connectivity index (χ4n) is 2.82. The average Bonchev–Trinajstić information content (AvgIpc) is 2.53. The number of hydrogen-bond donors (Lipinski definition) is 1. The summed E-state index contributed by atoms with van der Waals surface area (Å²) in [6, 6.07) is 3.98. The molecular weight excluding hydrogens is 318 g/mol. The van der Waals surface area contributed by atoms with Crippen LogP contribution in [0.15, 0.2) is 23.1 Å². The van der Waals surface area contributed by atoms with Crippen LogP contribution in [0.5, 0.6) is 0 Å². The maximum Gasteiger partial charge on any atom is 0.270 e. The first kappa shape index (κ1) is 17.8. The minimum absolute atomic E-state index is 0.0387. The van der Waals surface area contributed by atoms with Crippen molar-refractivity contribution in [3.8, 4) is 0 Å². The molecule has 0 bridgehead atoms. The van der Waals surface area contributed by atoms with E-state index in [4.69, 9.17) is 0 Å². The van der Waals surface area contributed by atoms with Crippen molar-refractivity contribution in [1.82, 2.24) is 9.62 Å². The van der Waals surface area contributed by atoms with Gasteiger partial charge in [-0.15, -0.1) is 0 Å². The van der Waals surface area contributed by atoms with Crippen LogP contribution in [0.4, 0.5) is 5.69 Å². The third-order valence-corrected chi connectivity index (χ3v) is 6.30. The Morgan fingerprint density at radius 2 is 2.00 bits per heavy atom. The smallest absolute Gasteiger partial charge is 0.270 e. The maximum atomic E-state index is 12.8. The van der Waals surface area contributed by atoms with Gasteiger partial charge < -0.3 is 5.32 Å². The first-order valence-electron chi connectivity index (χ1n) is 7.82. The molecule has 8 heteroatoms. The zero-order valence-electron chi connectivity index (χ0n) is 13.5. The standard InChI is InChI=1S/C15H23N3O4S/c1-3-16-11-13-6-8-17(9-7-13)23(21,22)15-10-14(18(19)20)5-4-12(15)2/h4-5,10,13,16H,3,6-9,11H2,1-2H3. The average molecular weight is 341 g/mol. The highest BCUT2D eigenvalue weighted by Crippen LogP contribution is 2.28. The third kappa shape index (κ3) is 4.07. The van der Waals surface area contributed by atoms with Gasteiger partial charge in [0.1, 0.15) is 0 Å². The van der Waals surface area contributed by atoms with Crippen LogP contribution >= 0.6 is 0 Å². The Hall–Kier alpha value is -1.51. The van der Waals surface area contributed by atoms with E-state index in [1.807, 2.05) is 6.92 Å². The number of nitrogens with zero attached hydrogens (tertiary/aromatic N) is 2. The van der Waals surface area contributed by atoms with Gasteiger partial charge >= 0.3 is 0 Å². The summed E-state index contributed by atoms with van der Waals surface area (Å²) in [5, 5.41) is 14.2. The van der Waals surface area contributed by atoms with Crippen LogP contribution in [0.3, 0.4) is 0 Å². The molecule has 1 saturated heterocycles. The van der Waals surface area contributed by atoms with Gasteiger partial charge in [-0.2, -0.15) is 4.31 Å². The van der Waals surface area contributed by atoms with Crippen molar-refractivity contribution in [3.63, 3.8) is 0 Å². The molecule has 0 amide bonds. The fourth-order valence-corrected chi connectivity index (χ4v) is 4.54. The second-order valence-electron chi connectivity index (χ2n) is 5.86. The molecule has 0 unspecified atom stereocenters. The van der Waals surface area contributed by atoms with E-state index in [1.54, 1.807) is 6.92 Å². The molecule has 0 saturated carbocycles. The lowest BCUT2D eigenvalue weighted by Gasteiger charge is -2.31. The van der Waals surface area contributed by atoms with E-state index in [0.29, 0.717) is 24.6 Å². The Morgan fingerprint density at radius 1 is 1.35 bits per heavy atom. The normalized spacial score (nSPS) is 17.3. The van der Waals surface area contributed by atoms with Gasteiger partial charge in [0.05, 0.1) is 9.82 Å². The van der Waals surface area contributed by atoms with Crippen molar-refractivity contribution in [3.05, 3.63) is 33.9 Å². The Bertz CT molecular complexity index is 667. The predicted molar refractivity (Wildman–Crippen MR) is 87.9 cm³/mol. The number of rotatable bonds is 6. The van der Waals surface area contributed by atoms with Crippen LogP contribution in [0.25, 0.3) is 0 Å². The molecule has 2 rings (SSSR count). The van der Waals surface area contributed by atoms with Crippen molar-refractivity contribution < 1.29 is 13.3 Å². The number of nitrogens with one attached hydrogen (secondary N) is 1. The highest BCUT2D eigenvalue weighted by molar-refractivity contribution is 7.89. The monoisotopic (exact) mass is 341 g/mol. The lowest BCUT2D eigenvalue weighted by atomic mass is 9.98. The predicted octanol–water partition coefficient (Wildman–Crippen LogP) is 1.91. The summed E-state index contributed by atoms with van der Waals surface area (Å²) in [7, 11) is -3.68. The van der Waals surface area contributed by atoms with Crippen LogP contribution in [0, 0.1) is 23.0 Å². The van der Waals surface area contributed by atoms with Crippen LogP contribution in [0.2, 0.25) is 0 Å². The fraction of sp³-hybridized carbons (Fsp3) is 0.600. The van der Waals surface area contributed by atoms with E-state index in [9.17, 15) is 18.5 Å². The van der Waals surface area contributed by atoms with Gasteiger partial charge in [0.2, 0.25) is 10.0 Å². The van der Waals surface area contributed by atoms with Gasteiger partial charge in [-0.1, -0.05) is 13.0 Å². The molecule has 1 heterocycles. The second kappa shape index (κ2) is 7.37. The first-order valence-corrected chi connectivity index (χ1v) is 9.26. The highest BCUT2D eigenvalue weighted by atomic mass is 32.2. The summed E-state index contributed by atoms with van der Waals surface area (Å²) in [6.07, 6.45) is 1.61. The molecule has 1 aromatic rings. The van der Waals surface area contributed by atoms with Gasteiger partial charge in [0.15, 0.2) is 0 Å². The van der Waals surface area contributed by atoms with E-state index in [1.165, 1.54) is 16.4 Å². The molecule has 1 aromatic carbocycles. The molecular formula is C15H23N3O4S. The lowest BCUT2D eigenvalue weighted by molar-refractivity contribution is -0.385. The molecule has 7 nitrogen and oxygen atoms in total. The molecule has 128 valence electrons. The maximum absolute atomic E-state index is 12.8. The number of non-ortho nitro benzene ring substituents is 1. The van der Waals surface area contributed by atoms with E-state index in [-0.39, 0.29) is 10.6 Å². The zero-order chi connectivity index (χ0) is 17.0. The molecule has 1 fully saturated rings. The Morgan fingerprint density at radius 3 is 2.57 bits per heavy atom. The molecule has 0 aliphatic carbocycles. The molecule has 1 N–H and O–H groups in total. The van der Waals surface area contributed by atoms with Crippen molar-refractivity contribution in [2.24, 2.45) is 5.92 Å². The third-order valence-electron chi connectivity index (χ3n) is 4.26. The number of nitro groups is 1. The molecule has 0 aromatic heterocycles. The molecule has 0 spiro atoms. The van der Waals surface area contributed by atoms with E-state index in [2.05, 4.69) is 5.32 Å². The molecule has 0 radical (unpaired) electrons. The summed E-state index contributed by atoms with van der Waals surface area (Å²) in [5.74, 6) is 0.479. The zero-order valence-corrected chi connectivity index (χ0v) is 14.3. The van der Waals surface area contributed by atoms with Gasteiger partial charge in [-0.3, -0.25) is 10.1 Å². The highest BCUT2D eigenvalue weighted by Gasteiger charge is 2.31. The Labute approximate surface area is 136 Å². The first-order chi connectivity index (χ1) is 10.9. The second-order valence-corrected chi connectivity index (χ2v) is 7.77. The van der Waals surface area contributed by atoms with Gasteiger partial charge in [-0.25, -0.2) is 8.42 Å². The molecule has 0 atom stereocenters.